The maximum Gasteiger partial charge on any atom is 0.250 e. The van der Waals surface area contributed by atoms with Crippen LogP contribution in [-0.2, 0) is 9.53 Å². The van der Waals surface area contributed by atoms with Gasteiger partial charge in [0.2, 0.25) is 5.91 Å². The summed E-state index contributed by atoms with van der Waals surface area (Å²) in [5.74, 6) is 0.303. The third-order valence-corrected chi connectivity index (χ3v) is 5.65. The van der Waals surface area contributed by atoms with E-state index in [2.05, 4.69) is 47.4 Å². The monoisotopic (exact) mass is 553 g/mol. The fraction of sp³-hybridized carbons (Fsp3) is 0.238. The Balaban J connectivity index is 1.65. The zero-order valence-corrected chi connectivity index (χ0v) is 20.3. The molecule has 158 valence electrons. The number of anilines is 2. The van der Waals surface area contributed by atoms with E-state index in [4.69, 9.17) is 21.7 Å². The van der Waals surface area contributed by atoms with Gasteiger partial charge in [-0.25, -0.2) is 0 Å². The molecule has 0 saturated carbocycles. The van der Waals surface area contributed by atoms with Gasteiger partial charge in [0.25, 0.3) is 0 Å². The molecule has 0 spiro atoms. The Labute approximate surface area is 197 Å². The zero-order chi connectivity index (χ0) is 21.5. The number of nitrogens with one attached hydrogen (secondary N) is 2. The van der Waals surface area contributed by atoms with Crippen LogP contribution in [-0.4, -0.2) is 44.4 Å². The number of para-hydroxylation sites is 2. The first-order valence-electron chi connectivity index (χ1n) is 9.22. The number of ether oxygens (including phenoxy) is 2. The number of carbonyl (C=O) groups is 1. The van der Waals surface area contributed by atoms with E-state index in [0.717, 1.165) is 39.0 Å². The molecule has 2 aromatic rings. The molecule has 2 aromatic carbocycles. The predicted octanol–water partition coefficient (Wildman–Crippen LogP) is 4.58. The van der Waals surface area contributed by atoms with Gasteiger partial charge >= 0.3 is 0 Å². The number of hydrogen-bond donors (Lipinski definition) is 2. The summed E-state index contributed by atoms with van der Waals surface area (Å²) in [5, 5.41) is 6.03. The van der Waals surface area contributed by atoms with E-state index in [0.29, 0.717) is 19.0 Å². The number of halogens is 2. The van der Waals surface area contributed by atoms with E-state index in [1.54, 1.807) is 13.2 Å². The van der Waals surface area contributed by atoms with Crippen LogP contribution >= 0.6 is 44.1 Å². The SMILES string of the molecule is COc1c(Br)cc(Br)cc1C=CC(=O)NC(=S)Nc1ccccc1N1CCOCC1. The van der Waals surface area contributed by atoms with Gasteiger partial charge in [-0.2, -0.15) is 0 Å². The number of rotatable bonds is 5. The number of benzene rings is 2. The lowest BCUT2D eigenvalue weighted by molar-refractivity contribution is -0.115. The van der Waals surface area contributed by atoms with E-state index in [9.17, 15) is 4.79 Å². The van der Waals surface area contributed by atoms with Crippen molar-refractivity contribution in [3.8, 4) is 5.75 Å². The molecule has 0 aliphatic carbocycles. The Bertz CT molecular complexity index is 963. The summed E-state index contributed by atoms with van der Waals surface area (Å²) in [6.45, 7) is 3.00. The van der Waals surface area contributed by atoms with Gasteiger partial charge in [-0.15, -0.1) is 0 Å². The van der Waals surface area contributed by atoms with Crippen molar-refractivity contribution in [1.29, 1.82) is 0 Å². The van der Waals surface area contributed by atoms with Crippen LogP contribution in [0.3, 0.4) is 0 Å². The molecule has 0 bridgehead atoms. The molecule has 30 heavy (non-hydrogen) atoms. The molecule has 0 unspecified atom stereocenters. The Kier molecular flexibility index (Phi) is 8.26. The van der Waals surface area contributed by atoms with E-state index in [1.807, 2.05) is 36.4 Å². The Morgan fingerprint density at radius 1 is 1.23 bits per heavy atom. The van der Waals surface area contributed by atoms with Gasteiger partial charge in [0.1, 0.15) is 5.75 Å². The third kappa shape index (κ3) is 6.04. The van der Waals surface area contributed by atoms with Crippen LogP contribution in [0.4, 0.5) is 11.4 Å². The van der Waals surface area contributed by atoms with Gasteiger partial charge in [0.15, 0.2) is 5.11 Å². The lowest BCUT2D eigenvalue weighted by Gasteiger charge is -2.30. The minimum absolute atomic E-state index is 0.229. The molecule has 1 amide bonds. The largest absolute Gasteiger partial charge is 0.495 e. The molecular weight excluding hydrogens is 534 g/mol. The molecule has 0 atom stereocenters. The maximum atomic E-state index is 12.4. The minimum atomic E-state index is -0.338. The number of hydrogen-bond acceptors (Lipinski definition) is 5. The number of thiocarbonyl (C=S) groups is 1. The summed E-state index contributed by atoms with van der Waals surface area (Å²) < 4.78 is 12.5. The first kappa shape index (κ1) is 22.7. The lowest BCUT2D eigenvalue weighted by atomic mass is 10.2. The fourth-order valence-corrected chi connectivity index (χ4v) is 4.68. The summed E-state index contributed by atoms with van der Waals surface area (Å²) in [6, 6.07) is 11.6. The first-order valence-corrected chi connectivity index (χ1v) is 11.2. The minimum Gasteiger partial charge on any atom is -0.495 e. The Morgan fingerprint density at radius 3 is 2.70 bits per heavy atom. The highest BCUT2D eigenvalue weighted by Gasteiger charge is 2.15. The second kappa shape index (κ2) is 10.9. The number of amides is 1. The Hall–Kier alpha value is -1.94. The molecule has 1 saturated heterocycles. The quantitative estimate of drug-likeness (QED) is 0.416. The van der Waals surface area contributed by atoms with Crippen LogP contribution in [0.15, 0.2) is 51.4 Å². The smallest absolute Gasteiger partial charge is 0.250 e. The topological polar surface area (TPSA) is 62.8 Å². The van der Waals surface area contributed by atoms with Crippen molar-refractivity contribution in [3.63, 3.8) is 0 Å². The molecule has 2 N–H and O–H groups in total. The molecule has 1 aliphatic heterocycles. The van der Waals surface area contributed by atoms with E-state index in [-0.39, 0.29) is 11.0 Å². The van der Waals surface area contributed by atoms with Gasteiger partial charge in [0, 0.05) is 29.2 Å². The van der Waals surface area contributed by atoms with Gasteiger partial charge in [0.05, 0.1) is 36.2 Å². The highest BCUT2D eigenvalue weighted by atomic mass is 79.9. The molecule has 9 heteroatoms. The second-order valence-electron chi connectivity index (χ2n) is 6.40. The molecule has 1 aliphatic rings. The van der Waals surface area contributed by atoms with Crippen molar-refractivity contribution < 1.29 is 14.3 Å². The lowest BCUT2D eigenvalue weighted by Crippen LogP contribution is -2.37. The number of nitrogens with zero attached hydrogens (tertiary/aromatic N) is 1. The van der Waals surface area contributed by atoms with E-state index < -0.39 is 0 Å². The van der Waals surface area contributed by atoms with Gasteiger partial charge in [-0.3, -0.25) is 10.1 Å². The second-order valence-corrected chi connectivity index (χ2v) is 8.58. The first-order chi connectivity index (χ1) is 14.5. The molecule has 0 radical (unpaired) electrons. The number of morpholine rings is 1. The average molecular weight is 555 g/mol. The zero-order valence-electron chi connectivity index (χ0n) is 16.3. The molecule has 1 heterocycles. The van der Waals surface area contributed by atoms with Crippen LogP contribution in [0.1, 0.15) is 5.56 Å². The summed E-state index contributed by atoms with van der Waals surface area (Å²) in [6.07, 6.45) is 3.09. The highest BCUT2D eigenvalue weighted by molar-refractivity contribution is 9.11. The van der Waals surface area contributed by atoms with Crippen LogP contribution in [0.2, 0.25) is 0 Å². The average Bonchev–Trinajstić information content (AvgIpc) is 2.73. The van der Waals surface area contributed by atoms with Crippen LogP contribution in [0.25, 0.3) is 6.08 Å². The van der Waals surface area contributed by atoms with Crippen LogP contribution < -0.4 is 20.3 Å². The molecular formula is C21H21Br2N3O3S. The van der Waals surface area contributed by atoms with E-state index >= 15 is 0 Å². The summed E-state index contributed by atoms with van der Waals surface area (Å²) in [7, 11) is 1.58. The van der Waals surface area contributed by atoms with Gasteiger partial charge in [-0.1, -0.05) is 28.1 Å². The summed E-state index contributed by atoms with van der Waals surface area (Å²) >= 11 is 12.2. The van der Waals surface area contributed by atoms with Crippen molar-refractivity contribution in [2.24, 2.45) is 0 Å². The Morgan fingerprint density at radius 2 is 1.97 bits per heavy atom. The maximum absolute atomic E-state index is 12.4. The predicted molar refractivity (Wildman–Crippen MR) is 131 cm³/mol. The number of carbonyl (C=O) groups excluding carboxylic acids is 1. The van der Waals surface area contributed by atoms with Gasteiger partial charge < -0.3 is 19.7 Å². The van der Waals surface area contributed by atoms with E-state index in [1.165, 1.54) is 6.08 Å². The summed E-state index contributed by atoms with van der Waals surface area (Å²) in [5.41, 5.74) is 2.62. The van der Waals surface area contributed by atoms with Crippen LogP contribution in [0, 0.1) is 0 Å². The van der Waals surface area contributed by atoms with Crippen LogP contribution in [0.5, 0.6) is 5.75 Å². The third-order valence-electron chi connectivity index (χ3n) is 4.40. The van der Waals surface area contributed by atoms with Crippen molar-refractivity contribution in [1.82, 2.24) is 5.32 Å². The standard InChI is InChI=1S/C21H21Br2N3O3S/c1-28-20-14(12-15(22)13-16(20)23)6-7-19(27)25-21(30)24-17-4-2-3-5-18(17)26-8-10-29-11-9-26/h2-7,12-13H,8-11H2,1H3,(H2,24,25,27,30). The molecule has 0 aromatic heterocycles. The molecule has 6 nitrogen and oxygen atoms in total. The van der Waals surface area contributed by atoms with Crippen molar-refractivity contribution in [2.75, 3.05) is 43.6 Å². The normalized spacial score (nSPS) is 13.9. The van der Waals surface area contributed by atoms with Gasteiger partial charge in [-0.05, 0) is 58.5 Å². The van der Waals surface area contributed by atoms with Crippen molar-refractivity contribution in [3.05, 3.63) is 57.0 Å². The number of methoxy groups -OCH3 is 1. The fourth-order valence-electron chi connectivity index (χ4n) is 3.05. The molecule has 3 rings (SSSR count). The van der Waals surface area contributed by atoms with Crippen molar-refractivity contribution in [2.45, 2.75) is 0 Å². The molecule has 1 fully saturated rings. The summed E-state index contributed by atoms with van der Waals surface area (Å²) in [4.78, 5) is 14.6. The van der Waals surface area contributed by atoms with Crippen molar-refractivity contribution >= 4 is 72.5 Å². The highest BCUT2D eigenvalue weighted by Crippen LogP contribution is 2.33.